The molecular weight excluding hydrogens is 488 g/mol. The highest BCUT2D eigenvalue weighted by Gasteiger charge is 2.67. The second-order valence-corrected chi connectivity index (χ2v) is 14.1. The fourth-order valence-corrected chi connectivity index (χ4v) is 9.57. The molecule has 5 rings (SSSR count). The van der Waals surface area contributed by atoms with Crippen molar-refractivity contribution in [3.05, 3.63) is 47.5 Å². The van der Waals surface area contributed by atoms with Crippen LogP contribution < -0.4 is 5.32 Å². The van der Waals surface area contributed by atoms with Crippen molar-refractivity contribution < 1.29 is 19.8 Å². The van der Waals surface area contributed by atoms with E-state index in [1.165, 1.54) is 5.57 Å². The standard InChI is InChI=1S/C33H48N2O4/c1-20(35(5)6)29-27(38)18-32(3)25-14-13-24-22(16-23(25)26(37)17-33(29,32)4)12-15-28(31(24,2)19-36)34-30(39)21-10-8-7-9-11-21/h7-12,20,23-25,27-29,36,38H,13-19H2,1-6H3,(H,34,39)/t20-,23+,24+,25+,27+,28-,29-,31-,32-,33+/m0/s1. The number of aliphatic hydroxyl groups excluding tert-OH is 2. The van der Waals surface area contributed by atoms with Gasteiger partial charge in [-0.05, 0) is 87.9 Å². The van der Waals surface area contributed by atoms with Crippen molar-refractivity contribution in [2.24, 2.45) is 39.9 Å². The third kappa shape index (κ3) is 4.33. The van der Waals surface area contributed by atoms with Gasteiger partial charge < -0.3 is 20.4 Å². The van der Waals surface area contributed by atoms with Crippen LogP contribution in [0.15, 0.2) is 42.0 Å². The molecule has 0 saturated heterocycles. The van der Waals surface area contributed by atoms with Gasteiger partial charge in [0, 0.05) is 41.3 Å². The van der Waals surface area contributed by atoms with Gasteiger partial charge in [0.1, 0.15) is 5.78 Å². The number of nitrogens with zero attached hydrogens (tertiary/aromatic N) is 1. The summed E-state index contributed by atoms with van der Waals surface area (Å²) in [6, 6.07) is 9.25. The molecule has 1 aromatic rings. The van der Waals surface area contributed by atoms with Crippen LogP contribution in [0, 0.1) is 39.9 Å². The lowest BCUT2D eigenvalue weighted by Crippen LogP contribution is -2.55. The maximum absolute atomic E-state index is 14.0. The summed E-state index contributed by atoms with van der Waals surface area (Å²) in [6.07, 6.45) is 6.26. The zero-order valence-corrected chi connectivity index (χ0v) is 24.6. The van der Waals surface area contributed by atoms with Gasteiger partial charge in [-0.1, -0.05) is 50.6 Å². The Bertz CT molecular complexity index is 1130. The summed E-state index contributed by atoms with van der Waals surface area (Å²) in [5, 5.41) is 25.5. The third-order valence-electron chi connectivity index (χ3n) is 12.2. The monoisotopic (exact) mass is 536 g/mol. The quantitative estimate of drug-likeness (QED) is 0.484. The van der Waals surface area contributed by atoms with Gasteiger partial charge in [0.05, 0.1) is 12.7 Å². The normalized spacial score (nSPS) is 42.6. The zero-order chi connectivity index (χ0) is 28.3. The largest absolute Gasteiger partial charge is 0.396 e. The number of ketones is 1. The zero-order valence-electron chi connectivity index (χ0n) is 24.6. The first-order valence-corrected chi connectivity index (χ1v) is 14.9. The highest BCUT2D eigenvalue weighted by molar-refractivity contribution is 5.94. The average Bonchev–Trinajstić information content (AvgIpc) is 3.02. The second kappa shape index (κ2) is 10.1. The number of carbonyl (C=O) groups is 2. The number of rotatable bonds is 5. The van der Waals surface area contributed by atoms with Gasteiger partial charge in [-0.3, -0.25) is 9.59 Å². The molecular formula is C33H48N2O4. The number of nitrogens with one attached hydrogen (secondary N) is 1. The molecule has 4 aliphatic rings. The van der Waals surface area contributed by atoms with Crippen LogP contribution in [-0.2, 0) is 4.79 Å². The number of hydrogen-bond donors (Lipinski definition) is 3. The number of fused-ring (bicyclic) bond motifs is 4. The number of Topliss-reactive ketones (excluding diaryl/α,β-unsaturated/α-hetero) is 1. The highest BCUT2D eigenvalue weighted by Crippen LogP contribution is 2.69. The molecule has 0 spiro atoms. The summed E-state index contributed by atoms with van der Waals surface area (Å²) in [5.74, 6) is 0.541. The van der Waals surface area contributed by atoms with E-state index in [9.17, 15) is 19.8 Å². The van der Waals surface area contributed by atoms with E-state index in [1.54, 1.807) is 0 Å². The Balaban J connectivity index is 1.44. The van der Waals surface area contributed by atoms with Crippen molar-refractivity contribution in [1.29, 1.82) is 0 Å². The first-order chi connectivity index (χ1) is 18.4. The molecule has 0 aromatic heterocycles. The van der Waals surface area contributed by atoms with Crippen molar-refractivity contribution in [1.82, 2.24) is 10.2 Å². The summed E-state index contributed by atoms with van der Waals surface area (Å²) < 4.78 is 0. The van der Waals surface area contributed by atoms with Crippen molar-refractivity contribution >= 4 is 11.7 Å². The molecule has 214 valence electrons. The molecule has 0 radical (unpaired) electrons. The Labute approximate surface area is 234 Å². The molecule has 1 aromatic carbocycles. The van der Waals surface area contributed by atoms with Crippen LogP contribution in [0.25, 0.3) is 0 Å². The van der Waals surface area contributed by atoms with E-state index in [4.69, 9.17) is 0 Å². The number of allylic oxidation sites excluding steroid dienone is 1. The van der Waals surface area contributed by atoms with Gasteiger partial charge in [0.15, 0.2) is 0 Å². The average molecular weight is 537 g/mol. The van der Waals surface area contributed by atoms with E-state index in [-0.39, 0.29) is 59.1 Å². The number of aliphatic hydroxyl groups is 2. The van der Waals surface area contributed by atoms with E-state index in [0.29, 0.717) is 24.2 Å². The molecule has 1 amide bonds. The van der Waals surface area contributed by atoms with Crippen LogP contribution in [-0.4, -0.2) is 65.7 Å². The van der Waals surface area contributed by atoms with Crippen LogP contribution in [0.3, 0.4) is 0 Å². The van der Waals surface area contributed by atoms with Crippen molar-refractivity contribution in [2.45, 2.75) is 84.4 Å². The molecule has 6 heteroatoms. The number of benzene rings is 1. The van der Waals surface area contributed by atoms with Crippen LogP contribution in [0.5, 0.6) is 0 Å². The maximum Gasteiger partial charge on any atom is 0.251 e. The summed E-state index contributed by atoms with van der Waals surface area (Å²) in [5.41, 5.74) is 1.00. The minimum atomic E-state index is -0.508. The molecule has 0 aliphatic heterocycles. The second-order valence-electron chi connectivity index (χ2n) is 14.1. The minimum Gasteiger partial charge on any atom is -0.396 e. The number of carbonyl (C=O) groups excluding carboxylic acids is 2. The molecule has 3 N–H and O–H groups in total. The molecule has 39 heavy (non-hydrogen) atoms. The fourth-order valence-electron chi connectivity index (χ4n) is 9.57. The van der Waals surface area contributed by atoms with Gasteiger partial charge in [-0.15, -0.1) is 0 Å². The lowest BCUT2D eigenvalue weighted by molar-refractivity contribution is -0.147. The maximum atomic E-state index is 14.0. The molecule has 3 fully saturated rings. The third-order valence-corrected chi connectivity index (χ3v) is 12.2. The molecule has 0 unspecified atom stereocenters. The van der Waals surface area contributed by atoms with E-state index >= 15 is 0 Å². The molecule has 0 heterocycles. The van der Waals surface area contributed by atoms with Crippen molar-refractivity contribution in [3.8, 4) is 0 Å². The summed E-state index contributed by atoms with van der Waals surface area (Å²) in [6.45, 7) is 8.89. The Morgan fingerprint density at radius 2 is 1.82 bits per heavy atom. The highest BCUT2D eigenvalue weighted by atomic mass is 16.3. The Hall–Kier alpha value is -2.02. The summed E-state index contributed by atoms with van der Waals surface area (Å²) in [4.78, 5) is 29.2. The molecule has 0 bridgehead atoms. The molecule has 10 atom stereocenters. The van der Waals surface area contributed by atoms with Gasteiger partial charge in [0.2, 0.25) is 0 Å². The van der Waals surface area contributed by atoms with E-state index < -0.39 is 11.5 Å². The van der Waals surface area contributed by atoms with Gasteiger partial charge in [-0.25, -0.2) is 0 Å². The lowest BCUT2D eigenvalue weighted by Gasteiger charge is -2.56. The summed E-state index contributed by atoms with van der Waals surface area (Å²) in [7, 11) is 4.13. The summed E-state index contributed by atoms with van der Waals surface area (Å²) >= 11 is 0. The van der Waals surface area contributed by atoms with E-state index in [1.807, 2.05) is 30.3 Å². The first kappa shape index (κ1) is 28.5. The van der Waals surface area contributed by atoms with Crippen LogP contribution in [0.1, 0.15) is 76.6 Å². The van der Waals surface area contributed by atoms with Crippen molar-refractivity contribution in [2.75, 3.05) is 20.7 Å². The molecule has 4 aliphatic carbocycles. The predicted octanol–water partition coefficient (Wildman–Crippen LogP) is 4.46. The van der Waals surface area contributed by atoms with E-state index in [2.05, 4.69) is 58.1 Å². The number of amides is 1. The first-order valence-electron chi connectivity index (χ1n) is 14.9. The molecule has 3 saturated carbocycles. The van der Waals surface area contributed by atoms with E-state index in [0.717, 1.165) is 25.7 Å². The van der Waals surface area contributed by atoms with Gasteiger partial charge in [-0.2, -0.15) is 0 Å². The number of hydrogen-bond acceptors (Lipinski definition) is 5. The predicted molar refractivity (Wildman–Crippen MR) is 153 cm³/mol. The van der Waals surface area contributed by atoms with Gasteiger partial charge in [0.25, 0.3) is 5.91 Å². The fraction of sp³-hybridized carbons (Fsp3) is 0.697. The van der Waals surface area contributed by atoms with Crippen molar-refractivity contribution in [3.63, 3.8) is 0 Å². The Kier molecular flexibility index (Phi) is 7.39. The topological polar surface area (TPSA) is 89.9 Å². The van der Waals surface area contributed by atoms with Crippen LogP contribution >= 0.6 is 0 Å². The minimum absolute atomic E-state index is 0.0197. The Morgan fingerprint density at radius 1 is 1.13 bits per heavy atom. The smallest absolute Gasteiger partial charge is 0.251 e. The SMILES string of the molecule is C[C@@H]([C@H]1[C@H](O)C[C@@]2(C)[C@@H]3CC[C@@H]4C(=CC[C@H](NC(=O)c5ccccc5)[C@@]4(C)CO)C[C@H]3C(=O)C[C@]12C)N(C)C. The van der Waals surface area contributed by atoms with Gasteiger partial charge >= 0.3 is 0 Å². The lowest BCUT2D eigenvalue weighted by atomic mass is 9.48. The van der Waals surface area contributed by atoms with Crippen LogP contribution in [0.2, 0.25) is 0 Å². The Morgan fingerprint density at radius 3 is 2.46 bits per heavy atom. The van der Waals surface area contributed by atoms with Crippen LogP contribution in [0.4, 0.5) is 0 Å². The molecule has 6 nitrogen and oxygen atoms in total.